The average molecular weight is 723 g/mol. The summed E-state index contributed by atoms with van der Waals surface area (Å²) in [6, 6.07) is 0. The molecule has 0 aliphatic heterocycles. The second-order valence-corrected chi connectivity index (χ2v) is 16.3. The molecule has 0 aromatic rings. The monoisotopic (exact) mass is 723 g/mol. The van der Waals surface area contributed by atoms with Gasteiger partial charge in [-0.3, -0.25) is 14.4 Å². The summed E-state index contributed by atoms with van der Waals surface area (Å²) in [5, 5.41) is 0. The second kappa shape index (κ2) is 38.1. The summed E-state index contributed by atoms with van der Waals surface area (Å²) in [4.78, 5) is 37.5. The Morgan fingerprint density at radius 3 is 0.961 bits per heavy atom. The van der Waals surface area contributed by atoms with Gasteiger partial charge < -0.3 is 14.2 Å². The van der Waals surface area contributed by atoms with E-state index in [1.54, 1.807) is 0 Å². The molecule has 302 valence electrons. The molecule has 0 saturated heterocycles. The molecule has 0 amide bonds. The van der Waals surface area contributed by atoms with Crippen molar-refractivity contribution in [3.05, 3.63) is 0 Å². The molecule has 51 heavy (non-hydrogen) atoms. The molecular formula is C45H86O6. The third-order valence-corrected chi connectivity index (χ3v) is 9.97. The fourth-order valence-electron chi connectivity index (χ4n) is 6.58. The minimum Gasteiger partial charge on any atom is -0.462 e. The number of hydrogen-bond donors (Lipinski definition) is 0. The molecule has 0 spiro atoms. The van der Waals surface area contributed by atoms with Gasteiger partial charge in [0.1, 0.15) is 13.2 Å². The van der Waals surface area contributed by atoms with Gasteiger partial charge in [-0.05, 0) is 31.1 Å². The van der Waals surface area contributed by atoms with Crippen LogP contribution >= 0.6 is 0 Å². The Morgan fingerprint density at radius 1 is 0.373 bits per heavy atom. The van der Waals surface area contributed by atoms with Crippen LogP contribution in [-0.4, -0.2) is 37.2 Å². The summed E-state index contributed by atoms with van der Waals surface area (Å²) >= 11 is 0. The zero-order chi connectivity index (χ0) is 37.6. The van der Waals surface area contributed by atoms with Gasteiger partial charge in [0, 0.05) is 19.3 Å². The first kappa shape index (κ1) is 49.4. The molecule has 0 fully saturated rings. The van der Waals surface area contributed by atoms with Crippen molar-refractivity contribution in [1.82, 2.24) is 0 Å². The van der Waals surface area contributed by atoms with Gasteiger partial charge in [-0.2, -0.15) is 0 Å². The van der Waals surface area contributed by atoms with Gasteiger partial charge in [0.05, 0.1) is 0 Å². The minimum absolute atomic E-state index is 0.0662. The van der Waals surface area contributed by atoms with E-state index in [-0.39, 0.29) is 31.1 Å². The molecular weight excluding hydrogens is 636 g/mol. The number of ether oxygens (including phenoxy) is 3. The highest BCUT2D eigenvalue weighted by Crippen LogP contribution is 2.16. The number of rotatable bonds is 39. The van der Waals surface area contributed by atoms with E-state index in [1.807, 2.05) is 0 Å². The minimum atomic E-state index is -0.759. The summed E-state index contributed by atoms with van der Waals surface area (Å²) in [7, 11) is 0. The van der Waals surface area contributed by atoms with Crippen LogP contribution in [-0.2, 0) is 28.6 Å². The maximum absolute atomic E-state index is 12.7. The molecule has 0 aromatic heterocycles. The van der Waals surface area contributed by atoms with Crippen LogP contribution in [0, 0.1) is 11.8 Å². The van der Waals surface area contributed by atoms with Crippen LogP contribution in [0.1, 0.15) is 240 Å². The van der Waals surface area contributed by atoms with Crippen molar-refractivity contribution in [2.24, 2.45) is 11.8 Å². The Balaban J connectivity index is 4.26. The van der Waals surface area contributed by atoms with Gasteiger partial charge in [0.15, 0.2) is 6.10 Å². The van der Waals surface area contributed by atoms with E-state index in [0.29, 0.717) is 19.3 Å². The first-order valence-electron chi connectivity index (χ1n) is 22.2. The van der Waals surface area contributed by atoms with Crippen molar-refractivity contribution in [2.75, 3.05) is 13.2 Å². The van der Waals surface area contributed by atoms with Crippen molar-refractivity contribution in [3.8, 4) is 0 Å². The molecule has 0 unspecified atom stereocenters. The molecule has 1 atom stereocenters. The third kappa shape index (κ3) is 39.5. The molecule has 0 aliphatic carbocycles. The fourth-order valence-corrected chi connectivity index (χ4v) is 6.58. The SMILES string of the molecule is CCCCCCCCCC(=O)OC[C@H](COC(=O)CCCCCCCCCC(C)C)OC(=O)CCCCCCCCCCCCCCCC(C)C. The third-order valence-electron chi connectivity index (χ3n) is 9.97. The van der Waals surface area contributed by atoms with E-state index in [2.05, 4.69) is 34.6 Å². The van der Waals surface area contributed by atoms with Crippen LogP contribution in [0.3, 0.4) is 0 Å². The molecule has 6 heteroatoms. The Morgan fingerprint density at radius 2 is 0.647 bits per heavy atom. The summed E-state index contributed by atoms with van der Waals surface area (Å²) in [5.41, 5.74) is 0. The van der Waals surface area contributed by atoms with Gasteiger partial charge >= 0.3 is 17.9 Å². The van der Waals surface area contributed by atoms with Crippen LogP contribution in [0.15, 0.2) is 0 Å². The maximum atomic E-state index is 12.7. The summed E-state index contributed by atoms with van der Waals surface area (Å²) < 4.78 is 16.6. The van der Waals surface area contributed by atoms with Crippen LogP contribution in [0.5, 0.6) is 0 Å². The number of unbranched alkanes of at least 4 members (excludes halogenated alkanes) is 24. The zero-order valence-electron chi connectivity index (χ0n) is 34.7. The normalized spacial score (nSPS) is 12.1. The lowest BCUT2D eigenvalue weighted by Crippen LogP contribution is -2.30. The maximum Gasteiger partial charge on any atom is 0.306 e. The molecule has 0 N–H and O–H groups in total. The quantitative estimate of drug-likeness (QED) is 0.0357. The lowest BCUT2D eigenvalue weighted by molar-refractivity contribution is -0.167. The van der Waals surface area contributed by atoms with E-state index in [1.165, 1.54) is 128 Å². The molecule has 0 heterocycles. The standard InChI is InChI=1S/C45H86O6/c1-6-7-8-9-18-25-30-35-43(46)49-38-42(39-50-44(47)36-31-26-22-17-20-24-29-34-41(4)5)51-45(48)37-32-27-21-16-14-12-10-11-13-15-19-23-28-33-40(2)3/h40-42H,6-39H2,1-5H3/t42-/m1/s1. The van der Waals surface area contributed by atoms with Gasteiger partial charge in [-0.15, -0.1) is 0 Å². The average Bonchev–Trinajstić information content (AvgIpc) is 3.09. The van der Waals surface area contributed by atoms with Crippen molar-refractivity contribution in [3.63, 3.8) is 0 Å². The summed E-state index contributed by atoms with van der Waals surface area (Å²) in [6.07, 6.45) is 35.3. The highest BCUT2D eigenvalue weighted by Gasteiger charge is 2.19. The van der Waals surface area contributed by atoms with E-state index in [0.717, 1.165) is 69.6 Å². The fraction of sp³-hybridized carbons (Fsp3) is 0.933. The highest BCUT2D eigenvalue weighted by atomic mass is 16.6. The second-order valence-electron chi connectivity index (χ2n) is 16.3. The van der Waals surface area contributed by atoms with E-state index in [9.17, 15) is 14.4 Å². The molecule has 0 radical (unpaired) electrons. The van der Waals surface area contributed by atoms with Gasteiger partial charge in [-0.1, -0.05) is 202 Å². The van der Waals surface area contributed by atoms with Gasteiger partial charge in [0.25, 0.3) is 0 Å². The largest absolute Gasteiger partial charge is 0.462 e. The van der Waals surface area contributed by atoms with E-state index in [4.69, 9.17) is 14.2 Å². The Labute approximate surface area is 317 Å². The topological polar surface area (TPSA) is 78.9 Å². The molecule has 0 saturated carbocycles. The Kier molecular flexibility index (Phi) is 37.0. The smallest absolute Gasteiger partial charge is 0.306 e. The van der Waals surface area contributed by atoms with Crippen molar-refractivity contribution in [2.45, 2.75) is 246 Å². The molecule has 6 nitrogen and oxygen atoms in total. The first-order valence-corrected chi connectivity index (χ1v) is 22.2. The van der Waals surface area contributed by atoms with Crippen LogP contribution < -0.4 is 0 Å². The van der Waals surface area contributed by atoms with Crippen molar-refractivity contribution in [1.29, 1.82) is 0 Å². The predicted molar refractivity (Wildman–Crippen MR) is 215 cm³/mol. The molecule has 0 bridgehead atoms. The Bertz CT molecular complexity index is 779. The summed E-state index contributed by atoms with van der Waals surface area (Å²) in [6.45, 7) is 11.3. The lowest BCUT2D eigenvalue weighted by Gasteiger charge is -2.18. The Hall–Kier alpha value is -1.59. The summed E-state index contributed by atoms with van der Waals surface area (Å²) in [5.74, 6) is 0.753. The lowest BCUT2D eigenvalue weighted by atomic mass is 10.0. The molecule has 0 aromatic carbocycles. The van der Waals surface area contributed by atoms with Gasteiger partial charge in [0.2, 0.25) is 0 Å². The first-order chi connectivity index (χ1) is 24.7. The highest BCUT2D eigenvalue weighted by molar-refractivity contribution is 5.71. The zero-order valence-corrected chi connectivity index (χ0v) is 34.7. The van der Waals surface area contributed by atoms with Crippen molar-refractivity contribution >= 4 is 17.9 Å². The van der Waals surface area contributed by atoms with Crippen LogP contribution in [0.25, 0.3) is 0 Å². The predicted octanol–water partition coefficient (Wildman–Crippen LogP) is 13.8. The number of esters is 3. The number of carbonyl (C=O) groups is 3. The van der Waals surface area contributed by atoms with Crippen LogP contribution in [0.2, 0.25) is 0 Å². The van der Waals surface area contributed by atoms with Crippen LogP contribution in [0.4, 0.5) is 0 Å². The molecule has 0 aliphatic rings. The van der Waals surface area contributed by atoms with E-state index < -0.39 is 6.10 Å². The number of carbonyl (C=O) groups excluding carboxylic acids is 3. The van der Waals surface area contributed by atoms with Crippen molar-refractivity contribution < 1.29 is 28.6 Å². The van der Waals surface area contributed by atoms with E-state index >= 15 is 0 Å². The molecule has 0 rings (SSSR count). The van der Waals surface area contributed by atoms with Gasteiger partial charge in [-0.25, -0.2) is 0 Å². The number of hydrogen-bond acceptors (Lipinski definition) is 6.